The van der Waals surface area contributed by atoms with E-state index in [1.54, 1.807) is 0 Å². The number of benzene rings is 1. The molecule has 2 heteroatoms. The van der Waals surface area contributed by atoms with E-state index >= 15 is 0 Å². The van der Waals surface area contributed by atoms with Crippen molar-refractivity contribution in [3.63, 3.8) is 0 Å². The van der Waals surface area contributed by atoms with Crippen molar-refractivity contribution in [2.75, 3.05) is 19.8 Å². The summed E-state index contributed by atoms with van der Waals surface area (Å²) in [5.74, 6) is 0. The number of hydrogen-bond donors (Lipinski definition) is 1. The molecule has 1 aromatic rings. The lowest BCUT2D eigenvalue weighted by molar-refractivity contribution is 0.0460. The van der Waals surface area contributed by atoms with Crippen molar-refractivity contribution in [2.45, 2.75) is 38.0 Å². The minimum absolute atomic E-state index is 0.308. The van der Waals surface area contributed by atoms with Gasteiger partial charge < -0.3 is 10.5 Å². The van der Waals surface area contributed by atoms with Gasteiger partial charge in [0.15, 0.2) is 0 Å². The fraction of sp³-hybridized carbons (Fsp3) is 0.600. The number of aryl methyl sites for hydroxylation is 1. The number of hydrogen-bond acceptors (Lipinski definition) is 2. The predicted molar refractivity (Wildman–Crippen MR) is 71.2 cm³/mol. The first kappa shape index (κ1) is 12.6. The molecule has 17 heavy (non-hydrogen) atoms. The van der Waals surface area contributed by atoms with E-state index in [0.717, 1.165) is 39.0 Å². The molecule has 1 heterocycles. The van der Waals surface area contributed by atoms with Gasteiger partial charge in [-0.25, -0.2) is 0 Å². The maximum atomic E-state index is 5.69. The Balaban J connectivity index is 2.28. The maximum Gasteiger partial charge on any atom is 0.0474 e. The zero-order chi connectivity index (χ0) is 12.1. The summed E-state index contributed by atoms with van der Waals surface area (Å²) >= 11 is 0. The zero-order valence-electron chi connectivity index (χ0n) is 10.7. The molecule has 0 bridgehead atoms. The molecule has 2 N–H and O–H groups in total. The van der Waals surface area contributed by atoms with Gasteiger partial charge in [-0.05, 0) is 55.7 Å². The molecule has 0 atom stereocenters. The van der Waals surface area contributed by atoms with Gasteiger partial charge in [-0.15, -0.1) is 0 Å². The normalized spacial score (nSPS) is 19.2. The second-order valence-corrected chi connectivity index (χ2v) is 5.10. The van der Waals surface area contributed by atoms with Crippen molar-refractivity contribution >= 4 is 0 Å². The molecule has 0 amide bonds. The van der Waals surface area contributed by atoms with Gasteiger partial charge in [0.05, 0.1) is 0 Å². The fourth-order valence-corrected chi connectivity index (χ4v) is 3.02. The standard InChI is InChI=1S/C15H23NO/c1-13-5-2-3-6-14(13)15(7-4-10-16)8-11-17-12-9-15/h2-3,5-6H,4,7-12,16H2,1H3. The summed E-state index contributed by atoms with van der Waals surface area (Å²) < 4.78 is 5.53. The predicted octanol–water partition coefficient (Wildman–Crippen LogP) is 2.78. The molecule has 1 saturated heterocycles. The maximum absolute atomic E-state index is 5.69. The first-order valence-electron chi connectivity index (χ1n) is 6.62. The van der Waals surface area contributed by atoms with E-state index in [4.69, 9.17) is 10.5 Å². The fourth-order valence-electron chi connectivity index (χ4n) is 3.02. The van der Waals surface area contributed by atoms with E-state index in [2.05, 4.69) is 31.2 Å². The van der Waals surface area contributed by atoms with Crippen LogP contribution in [0, 0.1) is 6.92 Å². The Morgan fingerprint density at radius 3 is 2.59 bits per heavy atom. The van der Waals surface area contributed by atoms with Crippen molar-refractivity contribution in [1.82, 2.24) is 0 Å². The molecule has 0 spiro atoms. The molecule has 2 nitrogen and oxygen atoms in total. The highest BCUT2D eigenvalue weighted by Gasteiger charge is 2.34. The average molecular weight is 233 g/mol. The molecule has 94 valence electrons. The Labute approximate surface area is 104 Å². The summed E-state index contributed by atoms with van der Waals surface area (Å²) in [5.41, 5.74) is 8.92. The Hall–Kier alpha value is -0.860. The van der Waals surface area contributed by atoms with Crippen molar-refractivity contribution in [1.29, 1.82) is 0 Å². The molecular weight excluding hydrogens is 210 g/mol. The Morgan fingerprint density at radius 1 is 1.24 bits per heavy atom. The first-order valence-corrected chi connectivity index (χ1v) is 6.62. The first-order chi connectivity index (χ1) is 8.28. The minimum atomic E-state index is 0.308. The smallest absolute Gasteiger partial charge is 0.0474 e. The van der Waals surface area contributed by atoms with Gasteiger partial charge in [-0.3, -0.25) is 0 Å². The lowest BCUT2D eigenvalue weighted by atomic mass is 9.69. The van der Waals surface area contributed by atoms with E-state index in [9.17, 15) is 0 Å². The Morgan fingerprint density at radius 2 is 1.94 bits per heavy atom. The third kappa shape index (κ3) is 2.70. The third-order valence-electron chi connectivity index (χ3n) is 4.03. The van der Waals surface area contributed by atoms with Gasteiger partial charge in [0, 0.05) is 13.2 Å². The van der Waals surface area contributed by atoms with Gasteiger partial charge >= 0.3 is 0 Å². The van der Waals surface area contributed by atoms with Crippen LogP contribution in [-0.2, 0) is 10.2 Å². The lowest BCUT2D eigenvalue weighted by Crippen LogP contribution is -2.35. The molecule has 1 aliphatic rings. The molecular formula is C15H23NO. The highest BCUT2D eigenvalue weighted by molar-refractivity contribution is 5.33. The summed E-state index contributed by atoms with van der Waals surface area (Å²) in [6.07, 6.45) is 4.57. The SMILES string of the molecule is Cc1ccccc1C1(CCCN)CCOCC1. The van der Waals surface area contributed by atoms with Crippen LogP contribution >= 0.6 is 0 Å². The molecule has 2 rings (SSSR count). The van der Waals surface area contributed by atoms with Crippen LogP contribution in [-0.4, -0.2) is 19.8 Å². The van der Waals surface area contributed by atoms with Crippen LogP contribution in [0.3, 0.4) is 0 Å². The second-order valence-electron chi connectivity index (χ2n) is 5.10. The molecule has 1 fully saturated rings. The topological polar surface area (TPSA) is 35.2 Å². The lowest BCUT2D eigenvalue weighted by Gasteiger charge is -2.39. The zero-order valence-corrected chi connectivity index (χ0v) is 10.7. The van der Waals surface area contributed by atoms with E-state index in [0.29, 0.717) is 5.41 Å². The van der Waals surface area contributed by atoms with Gasteiger partial charge in [-0.2, -0.15) is 0 Å². The summed E-state index contributed by atoms with van der Waals surface area (Å²) in [5, 5.41) is 0. The monoisotopic (exact) mass is 233 g/mol. The number of ether oxygens (including phenoxy) is 1. The van der Waals surface area contributed by atoms with Crippen LogP contribution in [0.4, 0.5) is 0 Å². The summed E-state index contributed by atoms with van der Waals surface area (Å²) in [6.45, 7) is 4.78. The van der Waals surface area contributed by atoms with Crippen LogP contribution in [0.15, 0.2) is 24.3 Å². The van der Waals surface area contributed by atoms with Crippen molar-refractivity contribution in [2.24, 2.45) is 5.73 Å². The largest absolute Gasteiger partial charge is 0.381 e. The van der Waals surface area contributed by atoms with Crippen molar-refractivity contribution in [3.05, 3.63) is 35.4 Å². The summed E-state index contributed by atoms with van der Waals surface area (Å²) in [7, 11) is 0. The third-order valence-corrected chi connectivity index (χ3v) is 4.03. The molecule has 0 unspecified atom stereocenters. The van der Waals surface area contributed by atoms with Crippen LogP contribution in [0.25, 0.3) is 0 Å². The molecule has 1 aromatic carbocycles. The van der Waals surface area contributed by atoms with E-state index in [-0.39, 0.29) is 0 Å². The summed E-state index contributed by atoms with van der Waals surface area (Å²) in [6, 6.07) is 8.78. The van der Waals surface area contributed by atoms with Gasteiger partial charge in [0.2, 0.25) is 0 Å². The van der Waals surface area contributed by atoms with Crippen LogP contribution in [0.1, 0.15) is 36.8 Å². The highest BCUT2D eigenvalue weighted by atomic mass is 16.5. The second kappa shape index (κ2) is 5.65. The van der Waals surface area contributed by atoms with Crippen molar-refractivity contribution in [3.8, 4) is 0 Å². The number of nitrogens with two attached hydrogens (primary N) is 1. The van der Waals surface area contributed by atoms with E-state index in [1.165, 1.54) is 17.5 Å². The molecule has 0 aromatic heterocycles. The van der Waals surface area contributed by atoms with Crippen LogP contribution in [0.5, 0.6) is 0 Å². The van der Waals surface area contributed by atoms with Gasteiger partial charge in [0.25, 0.3) is 0 Å². The van der Waals surface area contributed by atoms with Crippen molar-refractivity contribution < 1.29 is 4.74 Å². The van der Waals surface area contributed by atoms with Gasteiger partial charge in [-0.1, -0.05) is 24.3 Å². The Kier molecular flexibility index (Phi) is 4.19. The summed E-state index contributed by atoms with van der Waals surface area (Å²) in [4.78, 5) is 0. The molecule has 1 aliphatic heterocycles. The van der Waals surface area contributed by atoms with E-state index in [1.807, 2.05) is 0 Å². The average Bonchev–Trinajstić information content (AvgIpc) is 2.38. The van der Waals surface area contributed by atoms with E-state index < -0.39 is 0 Å². The van der Waals surface area contributed by atoms with Crippen LogP contribution < -0.4 is 5.73 Å². The van der Waals surface area contributed by atoms with Gasteiger partial charge in [0.1, 0.15) is 0 Å². The van der Waals surface area contributed by atoms with Crippen LogP contribution in [0.2, 0.25) is 0 Å². The minimum Gasteiger partial charge on any atom is -0.381 e. The number of rotatable bonds is 4. The highest BCUT2D eigenvalue weighted by Crippen LogP contribution is 2.40. The quantitative estimate of drug-likeness (QED) is 0.868. The molecule has 0 saturated carbocycles. The molecule has 0 radical (unpaired) electrons. The Bertz CT molecular complexity index is 356. The molecule has 0 aliphatic carbocycles.